The molecule has 2 rings (SSSR count). The third kappa shape index (κ3) is 2.57. The summed E-state index contributed by atoms with van der Waals surface area (Å²) in [5.41, 5.74) is 1.92. The number of hydrogen-bond acceptors (Lipinski definition) is 4. The zero-order valence-electron chi connectivity index (χ0n) is 10.8. The maximum Gasteiger partial charge on any atom is 0.147 e. The van der Waals surface area contributed by atoms with Crippen LogP contribution in [-0.2, 0) is 0 Å². The summed E-state index contributed by atoms with van der Waals surface area (Å²) in [4.78, 5) is 10.9. The second-order valence-electron chi connectivity index (χ2n) is 4.93. The Morgan fingerprint density at radius 3 is 2.59 bits per heavy atom. The molecule has 1 N–H and O–H groups in total. The normalized spacial score (nSPS) is 24.7. The molecule has 1 saturated carbocycles. The number of anilines is 1. The van der Waals surface area contributed by atoms with Crippen molar-refractivity contribution < 1.29 is 5.11 Å². The molecule has 1 aliphatic rings. The van der Waals surface area contributed by atoms with Gasteiger partial charge in [0.15, 0.2) is 0 Å². The Morgan fingerprint density at radius 1 is 1.24 bits per heavy atom. The van der Waals surface area contributed by atoms with Crippen molar-refractivity contribution >= 4 is 5.82 Å². The van der Waals surface area contributed by atoms with E-state index in [1.165, 1.54) is 6.42 Å². The third-order valence-electron chi connectivity index (χ3n) is 3.73. The summed E-state index contributed by atoms with van der Waals surface area (Å²) in [5.74, 6) is 0.860. The number of nitrogens with zero attached hydrogens (tertiary/aromatic N) is 3. The predicted octanol–water partition coefficient (Wildman–Crippen LogP) is 1.83. The van der Waals surface area contributed by atoms with E-state index in [4.69, 9.17) is 0 Å². The summed E-state index contributed by atoms with van der Waals surface area (Å²) in [6, 6.07) is 0.181. The molecular formula is C13H21N3O. The Bertz CT molecular complexity index is 394. The zero-order chi connectivity index (χ0) is 12.4. The quantitative estimate of drug-likeness (QED) is 0.849. The van der Waals surface area contributed by atoms with Gasteiger partial charge < -0.3 is 10.0 Å². The highest BCUT2D eigenvalue weighted by Crippen LogP contribution is 2.25. The van der Waals surface area contributed by atoms with Gasteiger partial charge in [-0.05, 0) is 26.7 Å². The van der Waals surface area contributed by atoms with Crippen molar-refractivity contribution in [3.8, 4) is 0 Å². The van der Waals surface area contributed by atoms with Gasteiger partial charge in [0.05, 0.1) is 29.7 Å². The first kappa shape index (κ1) is 12.3. The highest BCUT2D eigenvalue weighted by atomic mass is 16.3. The number of aryl methyl sites for hydroxylation is 2. The Morgan fingerprint density at radius 2 is 1.94 bits per heavy atom. The largest absolute Gasteiger partial charge is 0.391 e. The van der Waals surface area contributed by atoms with Crippen molar-refractivity contribution in [2.75, 3.05) is 11.9 Å². The summed E-state index contributed by atoms with van der Waals surface area (Å²) < 4.78 is 0. The average Bonchev–Trinajstić information content (AvgIpc) is 2.32. The van der Waals surface area contributed by atoms with Crippen molar-refractivity contribution in [3.05, 3.63) is 17.6 Å². The van der Waals surface area contributed by atoms with Crippen LogP contribution in [0.3, 0.4) is 0 Å². The first-order chi connectivity index (χ1) is 8.09. The molecule has 2 unspecified atom stereocenters. The smallest absolute Gasteiger partial charge is 0.147 e. The minimum Gasteiger partial charge on any atom is -0.391 e. The van der Waals surface area contributed by atoms with E-state index in [0.717, 1.165) is 36.5 Å². The van der Waals surface area contributed by atoms with Crippen molar-refractivity contribution in [1.29, 1.82) is 0 Å². The van der Waals surface area contributed by atoms with E-state index in [9.17, 15) is 5.11 Å². The van der Waals surface area contributed by atoms with E-state index >= 15 is 0 Å². The highest BCUT2D eigenvalue weighted by Gasteiger charge is 2.27. The summed E-state index contributed by atoms with van der Waals surface area (Å²) in [7, 11) is 2.00. The van der Waals surface area contributed by atoms with Crippen LogP contribution >= 0.6 is 0 Å². The Kier molecular flexibility index (Phi) is 3.62. The Labute approximate surface area is 103 Å². The van der Waals surface area contributed by atoms with Crippen LogP contribution in [0.2, 0.25) is 0 Å². The van der Waals surface area contributed by atoms with Crippen LogP contribution in [-0.4, -0.2) is 34.3 Å². The van der Waals surface area contributed by atoms with Gasteiger partial charge in [0.2, 0.25) is 0 Å². The Hall–Kier alpha value is -1.16. The molecule has 0 saturated heterocycles. The lowest BCUT2D eigenvalue weighted by molar-refractivity contribution is 0.106. The predicted molar refractivity (Wildman–Crippen MR) is 68.2 cm³/mol. The number of aliphatic hydroxyl groups excluding tert-OH is 1. The molecule has 0 aliphatic heterocycles. The SMILES string of the molecule is Cc1ncc(N(C)C2CCCCC2O)nc1C. The van der Waals surface area contributed by atoms with Gasteiger partial charge in [0, 0.05) is 7.05 Å². The van der Waals surface area contributed by atoms with Crippen molar-refractivity contribution in [3.63, 3.8) is 0 Å². The van der Waals surface area contributed by atoms with Crippen LogP contribution in [0.5, 0.6) is 0 Å². The van der Waals surface area contributed by atoms with E-state index in [1.54, 1.807) is 6.20 Å². The van der Waals surface area contributed by atoms with E-state index in [0.29, 0.717) is 0 Å². The second-order valence-corrected chi connectivity index (χ2v) is 4.93. The molecule has 17 heavy (non-hydrogen) atoms. The monoisotopic (exact) mass is 235 g/mol. The molecule has 1 aromatic rings. The fourth-order valence-electron chi connectivity index (χ4n) is 2.41. The summed E-state index contributed by atoms with van der Waals surface area (Å²) in [6.45, 7) is 3.93. The molecule has 0 aromatic carbocycles. The fraction of sp³-hybridized carbons (Fsp3) is 0.692. The minimum atomic E-state index is -0.239. The molecule has 4 nitrogen and oxygen atoms in total. The van der Waals surface area contributed by atoms with Crippen LogP contribution in [0.1, 0.15) is 37.1 Å². The van der Waals surface area contributed by atoms with Gasteiger partial charge in [0.1, 0.15) is 5.82 Å². The molecule has 1 fully saturated rings. The number of rotatable bonds is 2. The van der Waals surface area contributed by atoms with Crippen LogP contribution in [0.15, 0.2) is 6.20 Å². The average molecular weight is 235 g/mol. The van der Waals surface area contributed by atoms with E-state index in [1.807, 2.05) is 20.9 Å². The van der Waals surface area contributed by atoms with E-state index < -0.39 is 0 Å². The van der Waals surface area contributed by atoms with Gasteiger partial charge in [-0.15, -0.1) is 0 Å². The first-order valence-electron chi connectivity index (χ1n) is 6.30. The third-order valence-corrected chi connectivity index (χ3v) is 3.73. The number of likely N-dealkylation sites (N-methyl/N-ethyl adjacent to an activating group) is 1. The van der Waals surface area contributed by atoms with Crippen LogP contribution in [0.4, 0.5) is 5.82 Å². The molecule has 94 valence electrons. The second kappa shape index (κ2) is 5.00. The zero-order valence-corrected chi connectivity index (χ0v) is 10.8. The van der Waals surface area contributed by atoms with Crippen LogP contribution in [0, 0.1) is 13.8 Å². The van der Waals surface area contributed by atoms with Gasteiger partial charge in [0.25, 0.3) is 0 Å². The van der Waals surface area contributed by atoms with E-state index in [2.05, 4.69) is 14.9 Å². The molecule has 1 heterocycles. The molecule has 1 aliphatic carbocycles. The lowest BCUT2D eigenvalue weighted by Crippen LogP contribution is -2.43. The maximum atomic E-state index is 10.0. The standard InChI is InChI=1S/C13H21N3O/c1-9-10(2)15-13(8-14-9)16(3)11-6-4-5-7-12(11)17/h8,11-12,17H,4-7H2,1-3H3. The van der Waals surface area contributed by atoms with Crippen LogP contribution < -0.4 is 4.90 Å². The molecule has 0 radical (unpaired) electrons. The lowest BCUT2D eigenvalue weighted by Gasteiger charge is -2.35. The van der Waals surface area contributed by atoms with E-state index in [-0.39, 0.29) is 12.1 Å². The summed E-state index contributed by atoms with van der Waals surface area (Å²) >= 11 is 0. The summed E-state index contributed by atoms with van der Waals surface area (Å²) in [6.07, 6.45) is 5.80. The number of hydrogen-bond donors (Lipinski definition) is 1. The molecule has 2 atom stereocenters. The highest BCUT2D eigenvalue weighted by molar-refractivity contribution is 5.38. The van der Waals surface area contributed by atoms with Crippen molar-refractivity contribution in [1.82, 2.24) is 9.97 Å². The fourth-order valence-corrected chi connectivity index (χ4v) is 2.41. The molecule has 4 heteroatoms. The lowest BCUT2D eigenvalue weighted by atomic mass is 9.92. The summed E-state index contributed by atoms with van der Waals surface area (Å²) in [5, 5.41) is 10.0. The molecule has 0 bridgehead atoms. The number of aliphatic hydroxyl groups is 1. The van der Waals surface area contributed by atoms with Gasteiger partial charge >= 0.3 is 0 Å². The van der Waals surface area contributed by atoms with Gasteiger partial charge in [-0.3, -0.25) is 4.98 Å². The van der Waals surface area contributed by atoms with Gasteiger partial charge in [-0.25, -0.2) is 4.98 Å². The molecule has 0 amide bonds. The molecular weight excluding hydrogens is 214 g/mol. The van der Waals surface area contributed by atoms with Gasteiger partial charge in [-0.1, -0.05) is 12.8 Å². The van der Waals surface area contributed by atoms with Crippen molar-refractivity contribution in [2.45, 2.75) is 51.7 Å². The topological polar surface area (TPSA) is 49.2 Å². The van der Waals surface area contributed by atoms with Crippen molar-refractivity contribution in [2.24, 2.45) is 0 Å². The van der Waals surface area contributed by atoms with Crippen LogP contribution in [0.25, 0.3) is 0 Å². The maximum absolute atomic E-state index is 10.0. The Balaban J connectivity index is 2.17. The van der Waals surface area contributed by atoms with Gasteiger partial charge in [-0.2, -0.15) is 0 Å². The molecule has 1 aromatic heterocycles. The minimum absolute atomic E-state index is 0.181. The first-order valence-corrected chi connectivity index (χ1v) is 6.30. The molecule has 0 spiro atoms. The number of aromatic nitrogens is 2.